The van der Waals surface area contributed by atoms with Crippen LogP contribution in [0.5, 0.6) is 0 Å². The molecule has 2 rings (SSSR count). The molecule has 1 fully saturated rings. The van der Waals surface area contributed by atoms with Gasteiger partial charge in [0.05, 0.1) is 19.3 Å². The molecule has 0 spiro atoms. The van der Waals surface area contributed by atoms with E-state index in [4.69, 9.17) is 4.74 Å². The number of carbonyl (C=O) groups excluding carboxylic acids is 3. The lowest BCUT2D eigenvalue weighted by molar-refractivity contribution is -0.145. The zero-order valence-corrected chi connectivity index (χ0v) is 15.6. The molecule has 1 aliphatic rings. The smallest absolute Gasteiger partial charge is 0.328 e. The molecule has 1 aromatic carbocycles. The van der Waals surface area contributed by atoms with E-state index in [0.29, 0.717) is 6.42 Å². The quantitative estimate of drug-likeness (QED) is 0.454. The third kappa shape index (κ3) is 6.04. The van der Waals surface area contributed by atoms with E-state index in [9.17, 15) is 19.5 Å². The number of ether oxygens (including phenoxy) is 1. The van der Waals surface area contributed by atoms with E-state index in [1.165, 1.54) is 14.0 Å². The molecule has 0 aliphatic carbocycles. The SMILES string of the molecule is COC(=O)[C@H](Cc1ccccc1)NC(=O)[C@@H](NC(=O)[C@@H]1CCCN1)[C@@H](C)O. The van der Waals surface area contributed by atoms with Crippen LogP contribution in [0.1, 0.15) is 25.3 Å². The van der Waals surface area contributed by atoms with Gasteiger partial charge >= 0.3 is 5.97 Å². The molecule has 1 aromatic rings. The van der Waals surface area contributed by atoms with Gasteiger partial charge in [-0.25, -0.2) is 4.79 Å². The van der Waals surface area contributed by atoms with Crippen LogP contribution in [0.25, 0.3) is 0 Å². The van der Waals surface area contributed by atoms with Crippen LogP contribution < -0.4 is 16.0 Å². The summed E-state index contributed by atoms with van der Waals surface area (Å²) in [5.74, 6) is -1.57. The molecule has 8 heteroatoms. The third-order valence-corrected chi connectivity index (χ3v) is 4.52. The Kier molecular flexibility index (Phi) is 7.75. The normalized spacial score (nSPS) is 19.6. The van der Waals surface area contributed by atoms with Gasteiger partial charge in [0.2, 0.25) is 11.8 Å². The summed E-state index contributed by atoms with van der Waals surface area (Å²) < 4.78 is 4.77. The largest absolute Gasteiger partial charge is 0.467 e. The fourth-order valence-corrected chi connectivity index (χ4v) is 3.01. The number of amides is 2. The molecule has 0 radical (unpaired) electrons. The van der Waals surface area contributed by atoms with E-state index < -0.39 is 30.1 Å². The number of aliphatic hydroxyl groups is 1. The van der Waals surface area contributed by atoms with Crippen molar-refractivity contribution in [2.45, 2.75) is 50.4 Å². The standard InChI is InChI=1S/C19H27N3O5/c1-12(23)16(22-17(24)14-9-6-10-20-14)18(25)21-15(19(26)27-2)11-13-7-4-3-5-8-13/h3-5,7-8,12,14-16,20,23H,6,9-11H2,1-2H3,(H,21,25)(H,22,24)/t12-,14+,15+,16+/m1/s1. The Labute approximate surface area is 158 Å². The first kappa shape index (κ1) is 20.9. The Morgan fingerprint density at radius 1 is 1.26 bits per heavy atom. The first-order chi connectivity index (χ1) is 12.9. The molecule has 27 heavy (non-hydrogen) atoms. The predicted octanol–water partition coefficient (Wildman–Crippen LogP) is -0.495. The van der Waals surface area contributed by atoms with Gasteiger partial charge in [0, 0.05) is 6.42 Å². The molecular formula is C19H27N3O5. The topological polar surface area (TPSA) is 117 Å². The second-order valence-electron chi connectivity index (χ2n) is 6.65. The number of hydrogen-bond donors (Lipinski definition) is 4. The van der Waals surface area contributed by atoms with Gasteiger partial charge in [-0.05, 0) is 31.9 Å². The van der Waals surface area contributed by atoms with Crippen LogP contribution in [0.15, 0.2) is 30.3 Å². The van der Waals surface area contributed by atoms with E-state index in [1.807, 2.05) is 30.3 Å². The average Bonchev–Trinajstić information content (AvgIpc) is 3.20. The third-order valence-electron chi connectivity index (χ3n) is 4.52. The number of methoxy groups -OCH3 is 1. The van der Waals surface area contributed by atoms with Crippen molar-refractivity contribution >= 4 is 17.8 Å². The van der Waals surface area contributed by atoms with Crippen molar-refractivity contribution in [2.75, 3.05) is 13.7 Å². The lowest BCUT2D eigenvalue weighted by Gasteiger charge is -2.25. The molecule has 8 nitrogen and oxygen atoms in total. The Bertz CT molecular complexity index is 644. The fraction of sp³-hybridized carbons (Fsp3) is 0.526. The summed E-state index contributed by atoms with van der Waals surface area (Å²) in [5.41, 5.74) is 0.848. The molecule has 4 atom stereocenters. The molecule has 1 aliphatic heterocycles. The molecule has 2 amide bonds. The van der Waals surface area contributed by atoms with Crippen molar-refractivity contribution in [3.63, 3.8) is 0 Å². The van der Waals surface area contributed by atoms with Crippen molar-refractivity contribution in [3.8, 4) is 0 Å². The summed E-state index contributed by atoms with van der Waals surface area (Å²) in [5, 5.41) is 18.2. The molecule has 0 saturated carbocycles. The van der Waals surface area contributed by atoms with Gasteiger partial charge < -0.3 is 25.8 Å². The summed E-state index contributed by atoms with van der Waals surface area (Å²) in [6.45, 7) is 2.15. The molecular weight excluding hydrogens is 350 g/mol. The average molecular weight is 377 g/mol. The van der Waals surface area contributed by atoms with E-state index in [-0.39, 0.29) is 18.4 Å². The van der Waals surface area contributed by atoms with Crippen LogP contribution in [0, 0.1) is 0 Å². The second kappa shape index (κ2) is 10.0. The minimum Gasteiger partial charge on any atom is -0.467 e. The van der Waals surface area contributed by atoms with Gasteiger partial charge in [-0.3, -0.25) is 9.59 Å². The van der Waals surface area contributed by atoms with Gasteiger partial charge in [0.1, 0.15) is 12.1 Å². The number of hydrogen-bond acceptors (Lipinski definition) is 6. The van der Waals surface area contributed by atoms with Crippen LogP contribution in [0.3, 0.4) is 0 Å². The highest BCUT2D eigenvalue weighted by Crippen LogP contribution is 2.08. The number of aliphatic hydroxyl groups excluding tert-OH is 1. The maximum atomic E-state index is 12.6. The van der Waals surface area contributed by atoms with Crippen molar-refractivity contribution in [1.29, 1.82) is 0 Å². The summed E-state index contributed by atoms with van der Waals surface area (Å²) in [7, 11) is 1.24. The maximum Gasteiger partial charge on any atom is 0.328 e. The highest BCUT2D eigenvalue weighted by molar-refractivity contribution is 5.92. The molecule has 0 unspecified atom stereocenters. The molecule has 0 bridgehead atoms. The minimum atomic E-state index is -1.16. The zero-order valence-electron chi connectivity index (χ0n) is 15.6. The first-order valence-corrected chi connectivity index (χ1v) is 9.06. The summed E-state index contributed by atoms with van der Waals surface area (Å²) in [6, 6.07) is 6.72. The predicted molar refractivity (Wildman–Crippen MR) is 98.7 cm³/mol. The van der Waals surface area contributed by atoms with E-state index in [2.05, 4.69) is 16.0 Å². The van der Waals surface area contributed by atoms with Crippen molar-refractivity contribution in [3.05, 3.63) is 35.9 Å². The monoisotopic (exact) mass is 377 g/mol. The van der Waals surface area contributed by atoms with Gasteiger partial charge in [0.15, 0.2) is 0 Å². The highest BCUT2D eigenvalue weighted by Gasteiger charge is 2.32. The van der Waals surface area contributed by atoms with Crippen molar-refractivity contribution < 1.29 is 24.2 Å². The second-order valence-corrected chi connectivity index (χ2v) is 6.65. The molecule has 4 N–H and O–H groups in total. The fourth-order valence-electron chi connectivity index (χ4n) is 3.01. The molecule has 0 aromatic heterocycles. The summed E-state index contributed by atoms with van der Waals surface area (Å²) in [4.78, 5) is 37.0. The molecule has 148 valence electrons. The van der Waals surface area contributed by atoms with Crippen LogP contribution in [0.4, 0.5) is 0 Å². The van der Waals surface area contributed by atoms with Crippen LogP contribution in [-0.4, -0.2) is 60.8 Å². The number of benzene rings is 1. The Balaban J connectivity index is 2.05. The number of carbonyl (C=O) groups is 3. The Morgan fingerprint density at radius 2 is 1.96 bits per heavy atom. The minimum absolute atomic E-state index is 0.240. The van der Waals surface area contributed by atoms with E-state index >= 15 is 0 Å². The number of esters is 1. The number of rotatable bonds is 8. The van der Waals surface area contributed by atoms with Crippen molar-refractivity contribution in [1.82, 2.24) is 16.0 Å². The Hall–Kier alpha value is -2.45. The first-order valence-electron chi connectivity index (χ1n) is 9.06. The summed E-state index contributed by atoms with van der Waals surface area (Å²) >= 11 is 0. The van der Waals surface area contributed by atoms with E-state index in [1.54, 1.807) is 0 Å². The van der Waals surface area contributed by atoms with Crippen LogP contribution in [0.2, 0.25) is 0 Å². The van der Waals surface area contributed by atoms with Gasteiger partial charge in [-0.1, -0.05) is 30.3 Å². The van der Waals surface area contributed by atoms with Crippen LogP contribution in [-0.2, 0) is 25.5 Å². The summed E-state index contributed by atoms with van der Waals surface area (Å²) in [6.07, 6.45) is 0.679. The lowest BCUT2D eigenvalue weighted by atomic mass is 10.0. The maximum absolute atomic E-state index is 12.6. The van der Waals surface area contributed by atoms with E-state index in [0.717, 1.165) is 18.5 Å². The van der Waals surface area contributed by atoms with Crippen LogP contribution >= 0.6 is 0 Å². The highest BCUT2D eigenvalue weighted by atomic mass is 16.5. The van der Waals surface area contributed by atoms with Gasteiger partial charge in [-0.15, -0.1) is 0 Å². The lowest BCUT2D eigenvalue weighted by Crippen LogP contribution is -2.58. The number of nitrogens with one attached hydrogen (secondary N) is 3. The van der Waals surface area contributed by atoms with Gasteiger partial charge in [0.25, 0.3) is 0 Å². The molecule has 1 saturated heterocycles. The van der Waals surface area contributed by atoms with Crippen molar-refractivity contribution in [2.24, 2.45) is 0 Å². The van der Waals surface area contributed by atoms with Gasteiger partial charge in [-0.2, -0.15) is 0 Å². The zero-order chi connectivity index (χ0) is 19.8. The Morgan fingerprint density at radius 3 is 2.52 bits per heavy atom. The molecule has 1 heterocycles.